The molecule has 0 aliphatic carbocycles. The van der Waals surface area contributed by atoms with Crippen LogP contribution in [0.5, 0.6) is 0 Å². The number of aromatic nitrogens is 1. The Labute approximate surface area is 127 Å². The summed E-state index contributed by atoms with van der Waals surface area (Å²) < 4.78 is 1.49. The van der Waals surface area contributed by atoms with Gasteiger partial charge in [-0.1, -0.05) is 29.3 Å². The lowest BCUT2D eigenvalue weighted by atomic mass is 10.2. The van der Waals surface area contributed by atoms with Gasteiger partial charge in [0.1, 0.15) is 5.49 Å². The molecule has 0 aliphatic rings. The number of nitrogens with zero attached hydrogens (tertiary/aromatic N) is 2. The first-order chi connectivity index (χ1) is 9.47. The average Bonchev–Trinajstić information content (AvgIpc) is 2.36. The molecule has 2 aromatic rings. The van der Waals surface area contributed by atoms with Crippen molar-refractivity contribution in [2.24, 2.45) is 4.99 Å². The Morgan fingerprint density at radius 3 is 2.40 bits per heavy atom. The minimum Gasteiger partial charge on any atom is -0.268 e. The van der Waals surface area contributed by atoms with Crippen LogP contribution in [-0.2, 0) is 0 Å². The lowest BCUT2D eigenvalue weighted by molar-refractivity contribution is 0.0954. The predicted molar refractivity (Wildman–Crippen MR) is 81.3 cm³/mol. The predicted octanol–water partition coefficient (Wildman–Crippen LogP) is 3.79. The molecule has 3 nitrogen and oxygen atoms in total. The SMILES string of the molecule is CC(C)N=c1ccccn1C(=O)c1cc(Cl)cc(Cl)c1. The van der Waals surface area contributed by atoms with Gasteiger partial charge < -0.3 is 0 Å². The Morgan fingerprint density at radius 1 is 1.15 bits per heavy atom. The molecule has 20 heavy (non-hydrogen) atoms. The lowest BCUT2D eigenvalue weighted by Gasteiger charge is -2.08. The fourth-order valence-corrected chi connectivity index (χ4v) is 2.32. The number of hydrogen-bond acceptors (Lipinski definition) is 2. The van der Waals surface area contributed by atoms with Gasteiger partial charge in [-0.2, -0.15) is 0 Å². The maximum Gasteiger partial charge on any atom is 0.263 e. The van der Waals surface area contributed by atoms with Crippen molar-refractivity contribution in [3.8, 4) is 0 Å². The lowest BCUT2D eigenvalue weighted by Crippen LogP contribution is -2.28. The summed E-state index contributed by atoms with van der Waals surface area (Å²) in [5.41, 5.74) is 1.03. The normalized spacial score (nSPS) is 11.9. The van der Waals surface area contributed by atoms with Gasteiger partial charge in [0.2, 0.25) is 0 Å². The van der Waals surface area contributed by atoms with E-state index < -0.39 is 0 Å². The quantitative estimate of drug-likeness (QED) is 0.831. The number of hydrogen-bond donors (Lipinski definition) is 0. The molecule has 0 spiro atoms. The fourth-order valence-electron chi connectivity index (χ4n) is 1.79. The summed E-state index contributed by atoms with van der Waals surface area (Å²) in [6, 6.07) is 10.3. The third-order valence-electron chi connectivity index (χ3n) is 2.56. The molecule has 5 heteroatoms. The van der Waals surface area contributed by atoms with Gasteiger partial charge in [-0.25, -0.2) is 0 Å². The van der Waals surface area contributed by atoms with Gasteiger partial charge in [0.15, 0.2) is 0 Å². The number of pyridine rings is 1. The van der Waals surface area contributed by atoms with Crippen LogP contribution in [0.25, 0.3) is 0 Å². The van der Waals surface area contributed by atoms with Crippen LogP contribution in [-0.4, -0.2) is 16.5 Å². The molecule has 0 bridgehead atoms. The summed E-state index contributed by atoms with van der Waals surface area (Å²) in [7, 11) is 0. The highest BCUT2D eigenvalue weighted by atomic mass is 35.5. The van der Waals surface area contributed by atoms with Gasteiger partial charge in [-0.3, -0.25) is 14.4 Å². The molecule has 104 valence electrons. The molecule has 1 aromatic heterocycles. The van der Waals surface area contributed by atoms with Crippen LogP contribution in [0.1, 0.15) is 24.2 Å². The van der Waals surface area contributed by atoms with Crippen molar-refractivity contribution in [3.63, 3.8) is 0 Å². The van der Waals surface area contributed by atoms with Crippen LogP contribution in [0, 0.1) is 0 Å². The standard InChI is InChI=1S/C15H14Cl2N2O/c1-10(2)18-14-5-3-4-6-19(14)15(20)11-7-12(16)9-13(17)8-11/h3-10H,1-2H3. The van der Waals surface area contributed by atoms with E-state index in [4.69, 9.17) is 23.2 Å². The Kier molecular flexibility index (Phi) is 4.63. The van der Waals surface area contributed by atoms with Gasteiger partial charge in [0.25, 0.3) is 5.91 Å². The van der Waals surface area contributed by atoms with E-state index in [1.807, 2.05) is 19.9 Å². The molecule has 0 N–H and O–H groups in total. The van der Waals surface area contributed by atoms with Gasteiger partial charge in [0, 0.05) is 27.8 Å². The molecular weight excluding hydrogens is 295 g/mol. The second-order valence-electron chi connectivity index (χ2n) is 4.61. The van der Waals surface area contributed by atoms with E-state index in [1.54, 1.807) is 36.5 Å². The summed E-state index contributed by atoms with van der Waals surface area (Å²) in [4.78, 5) is 17.0. The van der Waals surface area contributed by atoms with E-state index >= 15 is 0 Å². The molecule has 0 saturated carbocycles. The minimum absolute atomic E-state index is 0.0967. The monoisotopic (exact) mass is 308 g/mol. The molecule has 0 amide bonds. The smallest absolute Gasteiger partial charge is 0.263 e. The number of benzene rings is 1. The van der Waals surface area contributed by atoms with Crippen LogP contribution in [0.4, 0.5) is 0 Å². The van der Waals surface area contributed by atoms with Crippen LogP contribution >= 0.6 is 23.2 Å². The van der Waals surface area contributed by atoms with Gasteiger partial charge in [0.05, 0.1) is 0 Å². The highest BCUT2D eigenvalue weighted by molar-refractivity contribution is 6.35. The molecule has 2 rings (SSSR count). The summed E-state index contributed by atoms with van der Waals surface area (Å²) >= 11 is 11.9. The number of rotatable bonds is 2. The van der Waals surface area contributed by atoms with Crippen molar-refractivity contribution in [1.82, 2.24) is 4.57 Å². The van der Waals surface area contributed by atoms with Crippen molar-refractivity contribution >= 4 is 29.1 Å². The van der Waals surface area contributed by atoms with Crippen LogP contribution in [0.3, 0.4) is 0 Å². The third kappa shape index (κ3) is 3.50. The first-order valence-corrected chi connectivity index (χ1v) is 6.95. The van der Waals surface area contributed by atoms with Crippen molar-refractivity contribution in [2.45, 2.75) is 19.9 Å². The topological polar surface area (TPSA) is 34.4 Å². The zero-order chi connectivity index (χ0) is 14.7. The summed E-state index contributed by atoms with van der Waals surface area (Å²) in [5.74, 6) is -0.214. The molecule has 1 heterocycles. The molecule has 0 aliphatic heterocycles. The Hall–Kier alpha value is -1.58. The Bertz CT molecular complexity index is 685. The van der Waals surface area contributed by atoms with Crippen molar-refractivity contribution in [3.05, 3.63) is 63.7 Å². The molecule has 0 saturated heterocycles. The van der Waals surface area contributed by atoms with E-state index in [9.17, 15) is 4.79 Å². The molecule has 0 fully saturated rings. The third-order valence-corrected chi connectivity index (χ3v) is 2.99. The van der Waals surface area contributed by atoms with Crippen molar-refractivity contribution < 1.29 is 4.79 Å². The van der Waals surface area contributed by atoms with Crippen molar-refractivity contribution in [1.29, 1.82) is 0 Å². The first kappa shape index (κ1) is 14.8. The van der Waals surface area contributed by atoms with Gasteiger partial charge in [-0.15, -0.1) is 0 Å². The molecule has 0 atom stereocenters. The highest BCUT2D eigenvalue weighted by Crippen LogP contribution is 2.19. The molecular formula is C15H14Cl2N2O. The summed E-state index contributed by atoms with van der Waals surface area (Å²) in [6.07, 6.45) is 1.68. The largest absolute Gasteiger partial charge is 0.268 e. The van der Waals surface area contributed by atoms with E-state index in [0.717, 1.165) is 0 Å². The van der Waals surface area contributed by atoms with Crippen LogP contribution in [0.15, 0.2) is 47.6 Å². The fraction of sp³-hybridized carbons (Fsp3) is 0.200. The van der Waals surface area contributed by atoms with Gasteiger partial charge >= 0.3 is 0 Å². The number of carbonyl (C=O) groups is 1. The molecule has 0 radical (unpaired) electrons. The molecule has 1 aromatic carbocycles. The second kappa shape index (κ2) is 6.25. The Balaban J connectivity index is 2.54. The maximum atomic E-state index is 12.5. The van der Waals surface area contributed by atoms with Crippen molar-refractivity contribution in [2.75, 3.05) is 0 Å². The first-order valence-electron chi connectivity index (χ1n) is 6.19. The summed E-state index contributed by atoms with van der Waals surface area (Å²) in [5, 5.41) is 0.861. The van der Waals surface area contributed by atoms with E-state index in [2.05, 4.69) is 4.99 Å². The highest BCUT2D eigenvalue weighted by Gasteiger charge is 2.10. The van der Waals surface area contributed by atoms with E-state index in [0.29, 0.717) is 21.1 Å². The second-order valence-corrected chi connectivity index (χ2v) is 5.49. The Morgan fingerprint density at radius 2 is 1.80 bits per heavy atom. The van der Waals surface area contributed by atoms with Crippen LogP contribution in [0.2, 0.25) is 10.0 Å². The zero-order valence-electron chi connectivity index (χ0n) is 11.2. The van der Waals surface area contributed by atoms with Gasteiger partial charge in [-0.05, 0) is 44.2 Å². The summed E-state index contributed by atoms with van der Waals surface area (Å²) in [6.45, 7) is 3.91. The zero-order valence-corrected chi connectivity index (χ0v) is 12.7. The van der Waals surface area contributed by atoms with E-state index in [-0.39, 0.29) is 11.9 Å². The van der Waals surface area contributed by atoms with E-state index in [1.165, 1.54) is 4.57 Å². The minimum atomic E-state index is -0.214. The maximum absolute atomic E-state index is 12.5. The molecule has 0 unspecified atom stereocenters. The number of halogens is 2. The number of carbonyl (C=O) groups excluding carboxylic acids is 1. The average molecular weight is 309 g/mol. The van der Waals surface area contributed by atoms with Crippen LogP contribution < -0.4 is 5.49 Å².